The fourth-order valence-electron chi connectivity index (χ4n) is 3.92. The highest BCUT2D eigenvalue weighted by Crippen LogP contribution is 2.32. The van der Waals surface area contributed by atoms with Crippen molar-refractivity contribution in [1.82, 2.24) is 9.80 Å². The lowest BCUT2D eigenvalue weighted by Crippen LogP contribution is -2.48. The third-order valence-electron chi connectivity index (χ3n) is 5.60. The smallest absolute Gasteiger partial charge is 0.160 e. The number of β-amino-alcohol motifs (C(OH)–C–C–N with tert-alkyl or cyclic N) is 1. The minimum atomic E-state index is 0.229. The molecule has 1 atom stereocenters. The average molecular weight is 385 g/mol. The van der Waals surface area contributed by atoms with E-state index in [1.165, 1.54) is 16.7 Å². The van der Waals surface area contributed by atoms with Gasteiger partial charge in [0, 0.05) is 38.8 Å². The van der Waals surface area contributed by atoms with Crippen LogP contribution in [0, 0.1) is 6.92 Å². The van der Waals surface area contributed by atoms with Crippen molar-refractivity contribution in [2.45, 2.75) is 19.4 Å². The molecular formula is C23H32N2O3. The summed E-state index contributed by atoms with van der Waals surface area (Å²) in [6.45, 7) is 7.12. The summed E-state index contributed by atoms with van der Waals surface area (Å²) in [5, 5.41) is 9.21. The molecule has 0 aromatic heterocycles. The van der Waals surface area contributed by atoms with Gasteiger partial charge in [-0.3, -0.25) is 9.80 Å². The summed E-state index contributed by atoms with van der Waals surface area (Å²) in [6.07, 6.45) is 0.920. The van der Waals surface area contributed by atoms with Gasteiger partial charge in [-0.1, -0.05) is 35.9 Å². The summed E-state index contributed by atoms with van der Waals surface area (Å²) in [5.41, 5.74) is 3.86. The van der Waals surface area contributed by atoms with Crippen LogP contribution in [0.2, 0.25) is 0 Å². The van der Waals surface area contributed by atoms with Gasteiger partial charge >= 0.3 is 0 Å². The van der Waals surface area contributed by atoms with Gasteiger partial charge in [-0.05, 0) is 36.6 Å². The van der Waals surface area contributed by atoms with Gasteiger partial charge in [-0.15, -0.1) is 0 Å². The minimum Gasteiger partial charge on any atom is -0.493 e. The van der Waals surface area contributed by atoms with E-state index >= 15 is 0 Å². The highest BCUT2D eigenvalue weighted by Gasteiger charge is 2.25. The Labute approximate surface area is 168 Å². The van der Waals surface area contributed by atoms with Crippen molar-refractivity contribution < 1.29 is 14.6 Å². The standard InChI is InChI=1S/C23H32N2O3/c1-18-4-7-20(8-5-18)21(25-12-10-24(11-13-25)14-15-26)16-19-6-9-22(27-2)23(17-19)28-3/h4-9,17,21,26H,10-16H2,1-3H3. The first-order valence-corrected chi connectivity index (χ1v) is 9.99. The molecule has 0 radical (unpaired) electrons. The van der Waals surface area contributed by atoms with E-state index in [2.05, 4.69) is 53.1 Å². The zero-order valence-corrected chi connectivity index (χ0v) is 17.2. The van der Waals surface area contributed by atoms with Crippen LogP contribution < -0.4 is 9.47 Å². The number of hydrogen-bond acceptors (Lipinski definition) is 5. The maximum atomic E-state index is 9.21. The van der Waals surface area contributed by atoms with Crippen molar-refractivity contribution in [3.63, 3.8) is 0 Å². The summed E-state index contributed by atoms with van der Waals surface area (Å²) in [7, 11) is 3.35. The molecule has 0 bridgehead atoms. The molecule has 1 heterocycles. The Kier molecular flexibility index (Phi) is 7.31. The number of aliphatic hydroxyl groups excluding tert-OH is 1. The molecular weight excluding hydrogens is 352 g/mol. The predicted octanol–water partition coefficient (Wildman–Crippen LogP) is 2.91. The van der Waals surface area contributed by atoms with E-state index in [-0.39, 0.29) is 6.61 Å². The zero-order valence-electron chi connectivity index (χ0n) is 17.2. The summed E-state index contributed by atoms with van der Waals surface area (Å²) in [4.78, 5) is 4.90. The molecule has 2 aromatic rings. The third kappa shape index (κ3) is 5.04. The lowest BCUT2D eigenvalue weighted by atomic mass is 9.95. The molecule has 5 heteroatoms. The van der Waals surface area contributed by atoms with E-state index in [4.69, 9.17) is 9.47 Å². The monoisotopic (exact) mass is 384 g/mol. The van der Waals surface area contributed by atoms with E-state index in [0.29, 0.717) is 6.04 Å². The molecule has 1 fully saturated rings. The molecule has 1 aliphatic heterocycles. The number of hydrogen-bond donors (Lipinski definition) is 1. The van der Waals surface area contributed by atoms with Crippen LogP contribution in [-0.4, -0.2) is 68.5 Å². The first-order valence-electron chi connectivity index (χ1n) is 9.99. The molecule has 0 amide bonds. The van der Waals surface area contributed by atoms with Gasteiger partial charge in [0.1, 0.15) is 0 Å². The molecule has 0 saturated carbocycles. The SMILES string of the molecule is COc1ccc(CC(c2ccc(C)cc2)N2CCN(CCO)CC2)cc1OC. The quantitative estimate of drug-likeness (QED) is 0.758. The number of piperazine rings is 1. The largest absolute Gasteiger partial charge is 0.493 e. The van der Waals surface area contributed by atoms with Gasteiger partial charge in [-0.2, -0.15) is 0 Å². The Hall–Kier alpha value is -2.08. The van der Waals surface area contributed by atoms with Gasteiger partial charge < -0.3 is 14.6 Å². The van der Waals surface area contributed by atoms with Gasteiger partial charge in [0.15, 0.2) is 11.5 Å². The van der Waals surface area contributed by atoms with E-state index in [0.717, 1.165) is 50.6 Å². The molecule has 152 valence electrons. The van der Waals surface area contributed by atoms with Crippen molar-refractivity contribution >= 4 is 0 Å². The van der Waals surface area contributed by atoms with Crippen LogP contribution >= 0.6 is 0 Å². The summed E-state index contributed by atoms with van der Waals surface area (Å²) in [5.74, 6) is 1.53. The van der Waals surface area contributed by atoms with E-state index in [1.54, 1.807) is 14.2 Å². The summed E-state index contributed by atoms with van der Waals surface area (Å²) in [6, 6.07) is 15.4. The van der Waals surface area contributed by atoms with E-state index in [1.807, 2.05) is 6.07 Å². The van der Waals surface area contributed by atoms with Crippen LogP contribution in [-0.2, 0) is 6.42 Å². The molecule has 5 nitrogen and oxygen atoms in total. The van der Waals surface area contributed by atoms with Crippen molar-refractivity contribution in [1.29, 1.82) is 0 Å². The first-order chi connectivity index (χ1) is 13.6. The number of benzene rings is 2. The van der Waals surface area contributed by atoms with Crippen LogP contribution in [0.4, 0.5) is 0 Å². The van der Waals surface area contributed by atoms with Crippen LogP contribution in [0.25, 0.3) is 0 Å². The molecule has 1 aliphatic rings. The second-order valence-electron chi connectivity index (χ2n) is 7.42. The second-order valence-corrected chi connectivity index (χ2v) is 7.42. The van der Waals surface area contributed by atoms with Crippen LogP contribution in [0.1, 0.15) is 22.7 Å². The highest BCUT2D eigenvalue weighted by molar-refractivity contribution is 5.43. The Balaban J connectivity index is 1.82. The number of nitrogens with zero attached hydrogens (tertiary/aromatic N) is 2. The minimum absolute atomic E-state index is 0.229. The summed E-state index contributed by atoms with van der Waals surface area (Å²) >= 11 is 0. The van der Waals surface area contributed by atoms with Crippen molar-refractivity contribution in [3.05, 3.63) is 59.2 Å². The van der Waals surface area contributed by atoms with Crippen molar-refractivity contribution in [2.75, 3.05) is 53.6 Å². The number of methoxy groups -OCH3 is 2. The molecule has 1 unspecified atom stereocenters. The van der Waals surface area contributed by atoms with Crippen LogP contribution in [0.5, 0.6) is 11.5 Å². The van der Waals surface area contributed by atoms with Crippen molar-refractivity contribution in [3.8, 4) is 11.5 Å². The Morgan fingerprint density at radius 2 is 1.61 bits per heavy atom. The normalized spacial score (nSPS) is 16.7. The predicted molar refractivity (Wildman–Crippen MR) is 112 cm³/mol. The molecule has 3 rings (SSSR count). The van der Waals surface area contributed by atoms with E-state index < -0.39 is 0 Å². The van der Waals surface area contributed by atoms with Gasteiger partial charge in [0.25, 0.3) is 0 Å². The Bertz CT molecular complexity index is 740. The third-order valence-corrected chi connectivity index (χ3v) is 5.60. The van der Waals surface area contributed by atoms with Crippen molar-refractivity contribution in [2.24, 2.45) is 0 Å². The van der Waals surface area contributed by atoms with Gasteiger partial charge in [-0.25, -0.2) is 0 Å². The van der Waals surface area contributed by atoms with Crippen LogP contribution in [0.3, 0.4) is 0 Å². The first kappa shape index (κ1) is 20.6. The fraction of sp³-hybridized carbons (Fsp3) is 0.478. The maximum Gasteiger partial charge on any atom is 0.160 e. The maximum absolute atomic E-state index is 9.21. The molecule has 28 heavy (non-hydrogen) atoms. The Morgan fingerprint density at radius 1 is 0.929 bits per heavy atom. The lowest BCUT2D eigenvalue weighted by molar-refractivity contribution is 0.0831. The zero-order chi connectivity index (χ0) is 19.9. The molecule has 1 saturated heterocycles. The number of aryl methyl sites for hydroxylation is 1. The van der Waals surface area contributed by atoms with Crippen LogP contribution in [0.15, 0.2) is 42.5 Å². The number of ether oxygens (including phenoxy) is 2. The molecule has 0 aliphatic carbocycles. The number of rotatable bonds is 8. The molecule has 1 N–H and O–H groups in total. The lowest BCUT2D eigenvalue weighted by Gasteiger charge is -2.39. The van der Waals surface area contributed by atoms with Gasteiger partial charge in [0.2, 0.25) is 0 Å². The Morgan fingerprint density at radius 3 is 2.21 bits per heavy atom. The molecule has 2 aromatic carbocycles. The fourth-order valence-corrected chi connectivity index (χ4v) is 3.92. The highest BCUT2D eigenvalue weighted by atomic mass is 16.5. The topological polar surface area (TPSA) is 45.2 Å². The summed E-state index contributed by atoms with van der Waals surface area (Å²) < 4.78 is 10.9. The van der Waals surface area contributed by atoms with E-state index in [9.17, 15) is 5.11 Å². The molecule has 0 spiro atoms. The van der Waals surface area contributed by atoms with Gasteiger partial charge in [0.05, 0.1) is 20.8 Å². The number of aliphatic hydroxyl groups is 1. The second kappa shape index (κ2) is 9.92. The average Bonchev–Trinajstić information content (AvgIpc) is 2.73.